The fourth-order valence-electron chi connectivity index (χ4n) is 2.24. The van der Waals surface area contributed by atoms with Crippen LogP contribution in [0.15, 0.2) is 18.2 Å². The van der Waals surface area contributed by atoms with E-state index in [1.165, 1.54) is 0 Å². The van der Waals surface area contributed by atoms with Gasteiger partial charge in [-0.15, -0.1) is 0 Å². The summed E-state index contributed by atoms with van der Waals surface area (Å²) in [5, 5.41) is 23.0. The number of benzene rings is 1. The highest BCUT2D eigenvalue weighted by Gasteiger charge is 2.35. The molecule has 1 aromatic carbocycles. The largest absolute Gasteiger partial charge is 0.394 e. The lowest BCUT2D eigenvalue weighted by molar-refractivity contribution is -0.385. The van der Waals surface area contributed by atoms with Crippen LogP contribution in [0.1, 0.15) is 23.2 Å². The quantitative estimate of drug-likeness (QED) is 0.638. The van der Waals surface area contributed by atoms with Crippen LogP contribution in [0.3, 0.4) is 0 Å². The van der Waals surface area contributed by atoms with Crippen LogP contribution in [0, 0.1) is 15.9 Å². The molecule has 0 radical (unpaired) electrons. The summed E-state index contributed by atoms with van der Waals surface area (Å²) in [5.41, 5.74) is -1.70. The van der Waals surface area contributed by atoms with E-state index in [-0.39, 0.29) is 12.2 Å². The van der Waals surface area contributed by atoms with Crippen molar-refractivity contribution in [3.8, 4) is 0 Å². The first-order valence-electron chi connectivity index (χ1n) is 6.42. The van der Waals surface area contributed by atoms with Gasteiger partial charge in [0.1, 0.15) is 11.4 Å². The minimum absolute atomic E-state index is 0.235. The molecule has 1 fully saturated rings. The third-order valence-electron chi connectivity index (χ3n) is 3.53. The lowest BCUT2D eigenvalue weighted by atomic mass is 9.90. The molecule has 1 amide bonds. The molecular weight excluding hydrogens is 283 g/mol. The van der Waals surface area contributed by atoms with Crippen LogP contribution in [-0.4, -0.2) is 41.3 Å². The number of nitrogens with zero attached hydrogens (tertiary/aromatic N) is 1. The van der Waals surface area contributed by atoms with Crippen molar-refractivity contribution in [2.45, 2.75) is 18.4 Å². The van der Waals surface area contributed by atoms with E-state index in [2.05, 4.69) is 5.32 Å². The zero-order valence-corrected chi connectivity index (χ0v) is 11.2. The molecule has 0 unspecified atom stereocenters. The molecule has 1 aromatic rings. The lowest BCUT2D eigenvalue weighted by Crippen LogP contribution is -2.54. The Morgan fingerprint density at radius 1 is 1.48 bits per heavy atom. The average Bonchev–Trinajstić information content (AvgIpc) is 2.47. The normalized spacial score (nSPS) is 17.2. The van der Waals surface area contributed by atoms with Gasteiger partial charge in [-0.3, -0.25) is 14.9 Å². The predicted molar refractivity (Wildman–Crippen MR) is 70.4 cm³/mol. The number of amides is 1. The summed E-state index contributed by atoms with van der Waals surface area (Å²) in [7, 11) is 0. The maximum atomic E-state index is 13.1. The summed E-state index contributed by atoms with van der Waals surface area (Å²) >= 11 is 0. The topological polar surface area (TPSA) is 102 Å². The van der Waals surface area contributed by atoms with Crippen molar-refractivity contribution in [3.63, 3.8) is 0 Å². The van der Waals surface area contributed by atoms with E-state index >= 15 is 0 Å². The van der Waals surface area contributed by atoms with Gasteiger partial charge in [0.25, 0.3) is 11.6 Å². The van der Waals surface area contributed by atoms with E-state index in [0.717, 1.165) is 12.1 Å². The second-order valence-corrected chi connectivity index (χ2v) is 4.92. The average molecular weight is 298 g/mol. The highest BCUT2D eigenvalue weighted by Crippen LogP contribution is 2.24. The van der Waals surface area contributed by atoms with Crippen LogP contribution in [0.2, 0.25) is 0 Å². The number of rotatable bonds is 4. The fourth-order valence-corrected chi connectivity index (χ4v) is 2.24. The molecule has 0 bridgehead atoms. The molecular formula is C13H15FN2O5. The number of nitro benzene ring substituents is 1. The monoisotopic (exact) mass is 298 g/mol. The second kappa shape index (κ2) is 6.15. The van der Waals surface area contributed by atoms with Crippen molar-refractivity contribution < 1.29 is 24.0 Å². The Balaban J connectivity index is 2.25. The Kier molecular flexibility index (Phi) is 4.49. The highest BCUT2D eigenvalue weighted by molar-refractivity contribution is 5.98. The molecule has 21 heavy (non-hydrogen) atoms. The number of aliphatic hydroxyl groups excluding tert-OH is 1. The molecule has 114 valence electrons. The smallest absolute Gasteiger partial charge is 0.285 e. The van der Waals surface area contributed by atoms with E-state index in [1.807, 2.05) is 0 Å². The van der Waals surface area contributed by atoms with Crippen molar-refractivity contribution in [3.05, 3.63) is 39.7 Å². The van der Waals surface area contributed by atoms with Gasteiger partial charge >= 0.3 is 0 Å². The first-order valence-corrected chi connectivity index (χ1v) is 6.42. The van der Waals surface area contributed by atoms with Crippen molar-refractivity contribution >= 4 is 11.6 Å². The van der Waals surface area contributed by atoms with Gasteiger partial charge in [0, 0.05) is 13.2 Å². The molecule has 1 heterocycles. The molecule has 2 N–H and O–H groups in total. The summed E-state index contributed by atoms with van der Waals surface area (Å²) < 4.78 is 18.2. The maximum Gasteiger partial charge on any atom is 0.285 e. The van der Waals surface area contributed by atoms with E-state index in [0.29, 0.717) is 32.1 Å². The number of carbonyl (C=O) groups is 1. The molecule has 2 rings (SSSR count). The van der Waals surface area contributed by atoms with E-state index in [1.54, 1.807) is 0 Å². The predicted octanol–water partition coefficient (Wildman–Crippen LogP) is 1.01. The second-order valence-electron chi connectivity index (χ2n) is 4.92. The van der Waals surface area contributed by atoms with E-state index in [9.17, 15) is 24.4 Å². The van der Waals surface area contributed by atoms with E-state index < -0.39 is 27.9 Å². The van der Waals surface area contributed by atoms with Gasteiger partial charge in [0.05, 0.1) is 23.1 Å². The molecule has 1 aliphatic rings. The molecule has 1 saturated heterocycles. The van der Waals surface area contributed by atoms with E-state index in [4.69, 9.17) is 4.74 Å². The first-order chi connectivity index (χ1) is 9.97. The summed E-state index contributed by atoms with van der Waals surface area (Å²) in [4.78, 5) is 22.3. The molecule has 0 saturated carbocycles. The lowest BCUT2D eigenvalue weighted by Gasteiger charge is -2.36. The number of hydrogen-bond donors (Lipinski definition) is 2. The summed E-state index contributed by atoms with van der Waals surface area (Å²) in [6.07, 6.45) is 0.814. The van der Waals surface area contributed by atoms with Crippen LogP contribution in [0.5, 0.6) is 0 Å². The van der Waals surface area contributed by atoms with Gasteiger partial charge in [0.15, 0.2) is 0 Å². The number of halogens is 1. The summed E-state index contributed by atoms with van der Waals surface area (Å²) in [5.74, 6) is -1.50. The van der Waals surface area contributed by atoms with Crippen molar-refractivity contribution in [2.24, 2.45) is 0 Å². The van der Waals surface area contributed by atoms with Gasteiger partial charge < -0.3 is 15.2 Å². The van der Waals surface area contributed by atoms with Gasteiger partial charge in [0.2, 0.25) is 0 Å². The minimum atomic E-state index is -0.864. The molecule has 0 aromatic heterocycles. The van der Waals surface area contributed by atoms with Crippen LogP contribution < -0.4 is 5.32 Å². The van der Waals surface area contributed by atoms with Crippen molar-refractivity contribution in [2.75, 3.05) is 19.8 Å². The Hall–Kier alpha value is -2.06. The van der Waals surface area contributed by atoms with Crippen LogP contribution in [-0.2, 0) is 4.74 Å². The number of ether oxygens (including phenoxy) is 1. The van der Waals surface area contributed by atoms with Crippen LogP contribution in [0.4, 0.5) is 10.1 Å². The number of carbonyl (C=O) groups excluding carboxylic acids is 1. The SMILES string of the molecule is O=C(NC1(CO)CCOCC1)c1ccc(F)cc1[N+](=O)[O-]. The zero-order valence-electron chi connectivity index (χ0n) is 11.2. The van der Waals surface area contributed by atoms with Gasteiger partial charge in [-0.2, -0.15) is 0 Å². The van der Waals surface area contributed by atoms with Crippen molar-refractivity contribution in [1.82, 2.24) is 5.32 Å². The first kappa shape index (κ1) is 15.3. The third-order valence-corrected chi connectivity index (χ3v) is 3.53. The fraction of sp³-hybridized carbons (Fsp3) is 0.462. The Morgan fingerprint density at radius 2 is 2.14 bits per heavy atom. The molecule has 1 aliphatic heterocycles. The third kappa shape index (κ3) is 3.34. The van der Waals surface area contributed by atoms with Crippen LogP contribution in [0.25, 0.3) is 0 Å². The number of nitrogens with one attached hydrogen (secondary N) is 1. The molecule has 0 aliphatic carbocycles. The molecule has 0 atom stereocenters. The van der Waals surface area contributed by atoms with Crippen molar-refractivity contribution in [1.29, 1.82) is 0 Å². The number of nitro groups is 1. The maximum absolute atomic E-state index is 13.1. The van der Waals surface area contributed by atoms with Gasteiger partial charge in [-0.05, 0) is 25.0 Å². The highest BCUT2D eigenvalue weighted by atomic mass is 19.1. The van der Waals surface area contributed by atoms with Crippen LogP contribution >= 0.6 is 0 Å². The molecule has 7 nitrogen and oxygen atoms in total. The summed E-state index contributed by atoms with van der Waals surface area (Å²) in [6.45, 7) is 0.468. The van der Waals surface area contributed by atoms with Gasteiger partial charge in [-0.1, -0.05) is 0 Å². The summed E-state index contributed by atoms with van der Waals surface area (Å²) in [6, 6.07) is 2.75. The minimum Gasteiger partial charge on any atom is -0.394 e. The number of hydrogen-bond acceptors (Lipinski definition) is 5. The number of aliphatic hydroxyl groups is 1. The Morgan fingerprint density at radius 3 is 2.71 bits per heavy atom. The molecule has 0 spiro atoms. The standard InChI is InChI=1S/C13H15FN2O5/c14-9-1-2-10(11(7-9)16(19)20)12(18)15-13(8-17)3-5-21-6-4-13/h1-2,7,17H,3-6,8H2,(H,15,18). The Labute approximate surface area is 119 Å². The Bertz CT molecular complexity index is 557. The zero-order chi connectivity index (χ0) is 15.5. The van der Waals surface area contributed by atoms with Gasteiger partial charge in [-0.25, -0.2) is 4.39 Å². The molecule has 8 heteroatoms.